The van der Waals surface area contributed by atoms with Crippen molar-refractivity contribution in [3.8, 4) is 0 Å². The Morgan fingerprint density at radius 3 is 2.83 bits per heavy atom. The van der Waals surface area contributed by atoms with Gasteiger partial charge in [-0.15, -0.1) is 0 Å². The van der Waals surface area contributed by atoms with Gasteiger partial charge in [-0.3, -0.25) is 0 Å². The highest BCUT2D eigenvalue weighted by atomic mass is 16.5. The van der Waals surface area contributed by atoms with E-state index in [0.29, 0.717) is 6.54 Å². The number of methoxy groups -OCH3 is 1. The molecular weight excluding hydrogens is 152 g/mol. The Bertz CT molecular complexity index is 243. The molecule has 0 radical (unpaired) electrons. The van der Waals surface area contributed by atoms with E-state index in [4.69, 9.17) is 10.5 Å². The zero-order valence-electron chi connectivity index (χ0n) is 7.71. The number of aromatic nitrogens is 1. The van der Waals surface area contributed by atoms with Gasteiger partial charge in [0.05, 0.1) is 6.61 Å². The van der Waals surface area contributed by atoms with Crippen LogP contribution in [0.5, 0.6) is 0 Å². The van der Waals surface area contributed by atoms with Crippen LogP contribution in [0.1, 0.15) is 11.4 Å². The first-order valence-electron chi connectivity index (χ1n) is 4.13. The average Bonchev–Trinajstić information content (AvgIpc) is 2.43. The molecule has 1 aromatic rings. The summed E-state index contributed by atoms with van der Waals surface area (Å²) in [7, 11) is 1.71. The molecule has 0 atom stereocenters. The van der Waals surface area contributed by atoms with E-state index in [9.17, 15) is 0 Å². The topological polar surface area (TPSA) is 40.2 Å². The molecular formula is C9H16N2O. The normalized spacial score (nSPS) is 10.6. The molecule has 68 valence electrons. The summed E-state index contributed by atoms with van der Waals surface area (Å²) < 4.78 is 7.19. The molecule has 0 aromatic carbocycles. The minimum Gasteiger partial charge on any atom is -0.383 e. The Kier molecular flexibility index (Phi) is 3.31. The number of hydrogen-bond donors (Lipinski definition) is 1. The quantitative estimate of drug-likeness (QED) is 0.725. The third-order valence-electron chi connectivity index (χ3n) is 2.02. The maximum Gasteiger partial charge on any atom is 0.0641 e. The minimum absolute atomic E-state index is 0.595. The number of rotatable bonds is 4. The molecule has 0 fully saturated rings. The molecule has 0 aliphatic rings. The van der Waals surface area contributed by atoms with Gasteiger partial charge in [0, 0.05) is 31.6 Å². The number of aryl methyl sites for hydroxylation is 1. The molecule has 3 nitrogen and oxygen atoms in total. The van der Waals surface area contributed by atoms with Crippen molar-refractivity contribution in [1.82, 2.24) is 4.57 Å². The second-order valence-corrected chi connectivity index (χ2v) is 2.81. The largest absolute Gasteiger partial charge is 0.383 e. The molecule has 3 heteroatoms. The highest BCUT2D eigenvalue weighted by Crippen LogP contribution is 2.07. The van der Waals surface area contributed by atoms with Gasteiger partial charge in [0.15, 0.2) is 0 Å². The van der Waals surface area contributed by atoms with Gasteiger partial charge in [-0.05, 0) is 19.1 Å². The lowest BCUT2D eigenvalue weighted by atomic mass is 10.4. The third-order valence-corrected chi connectivity index (χ3v) is 2.02. The average molecular weight is 168 g/mol. The molecule has 1 aromatic heterocycles. The minimum atomic E-state index is 0.595. The van der Waals surface area contributed by atoms with Crippen LogP contribution in [0, 0.1) is 6.92 Å². The van der Waals surface area contributed by atoms with Crippen LogP contribution in [0.15, 0.2) is 12.1 Å². The Hall–Kier alpha value is -0.800. The van der Waals surface area contributed by atoms with Gasteiger partial charge in [0.2, 0.25) is 0 Å². The Morgan fingerprint density at radius 1 is 1.50 bits per heavy atom. The zero-order chi connectivity index (χ0) is 8.97. The Labute approximate surface area is 73.1 Å². The first-order chi connectivity index (χ1) is 5.79. The molecule has 0 aliphatic carbocycles. The van der Waals surface area contributed by atoms with Crippen molar-refractivity contribution in [2.45, 2.75) is 20.0 Å². The van der Waals surface area contributed by atoms with Gasteiger partial charge in [-0.2, -0.15) is 0 Å². The summed E-state index contributed by atoms with van der Waals surface area (Å²) >= 11 is 0. The predicted octanol–water partition coefficient (Wildman–Crippen LogP) is 0.902. The van der Waals surface area contributed by atoms with Crippen LogP contribution in [0.4, 0.5) is 0 Å². The van der Waals surface area contributed by atoms with Crippen LogP contribution < -0.4 is 5.73 Å². The molecule has 0 bridgehead atoms. The van der Waals surface area contributed by atoms with E-state index in [2.05, 4.69) is 23.6 Å². The van der Waals surface area contributed by atoms with Crippen molar-refractivity contribution >= 4 is 0 Å². The molecule has 0 spiro atoms. The Morgan fingerprint density at radius 2 is 2.25 bits per heavy atom. The van der Waals surface area contributed by atoms with E-state index in [1.54, 1.807) is 7.11 Å². The first-order valence-corrected chi connectivity index (χ1v) is 4.13. The predicted molar refractivity (Wildman–Crippen MR) is 48.9 cm³/mol. The van der Waals surface area contributed by atoms with Crippen LogP contribution in [0.25, 0.3) is 0 Å². The third kappa shape index (κ3) is 1.87. The second kappa shape index (κ2) is 4.28. The van der Waals surface area contributed by atoms with Crippen LogP contribution in [-0.4, -0.2) is 18.3 Å². The number of hydrogen-bond acceptors (Lipinski definition) is 2. The van der Waals surface area contributed by atoms with Gasteiger partial charge in [-0.25, -0.2) is 0 Å². The maximum atomic E-state index is 5.57. The fourth-order valence-corrected chi connectivity index (χ4v) is 1.30. The highest BCUT2D eigenvalue weighted by molar-refractivity contribution is 5.14. The lowest BCUT2D eigenvalue weighted by Gasteiger charge is -2.09. The molecule has 0 saturated heterocycles. The molecule has 0 saturated carbocycles. The fourth-order valence-electron chi connectivity index (χ4n) is 1.30. The van der Waals surface area contributed by atoms with Crippen molar-refractivity contribution in [2.24, 2.45) is 5.73 Å². The van der Waals surface area contributed by atoms with Crippen LogP contribution in [0.2, 0.25) is 0 Å². The van der Waals surface area contributed by atoms with Crippen molar-refractivity contribution in [3.05, 3.63) is 23.5 Å². The van der Waals surface area contributed by atoms with E-state index >= 15 is 0 Å². The molecule has 12 heavy (non-hydrogen) atoms. The fraction of sp³-hybridized carbons (Fsp3) is 0.556. The van der Waals surface area contributed by atoms with E-state index < -0.39 is 0 Å². The summed E-state index contributed by atoms with van der Waals surface area (Å²) in [5.41, 5.74) is 7.99. The summed E-state index contributed by atoms with van der Waals surface area (Å²) in [6, 6.07) is 4.14. The van der Waals surface area contributed by atoms with Crippen LogP contribution in [0.3, 0.4) is 0 Å². The summed E-state index contributed by atoms with van der Waals surface area (Å²) in [6.07, 6.45) is 0. The highest BCUT2D eigenvalue weighted by Gasteiger charge is 2.01. The Balaban J connectivity index is 2.72. The second-order valence-electron chi connectivity index (χ2n) is 2.81. The summed E-state index contributed by atoms with van der Waals surface area (Å²) in [4.78, 5) is 0. The van der Waals surface area contributed by atoms with Gasteiger partial charge in [0.25, 0.3) is 0 Å². The van der Waals surface area contributed by atoms with Crippen molar-refractivity contribution in [1.29, 1.82) is 0 Å². The summed E-state index contributed by atoms with van der Waals surface area (Å²) in [5.74, 6) is 0. The molecule has 1 heterocycles. The number of nitrogens with zero attached hydrogens (tertiary/aromatic N) is 1. The van der Waals surface area contributed by atoms with E-state index in [1.165, 1.54) is 11.4 Å². The molecule has 0 amide bonds. The molecule has 0 unspecified atom stereocenters. The van der Waals surface area contributed by atoms with Crippen molar-refractivity contribution < 1.29 is 4.74 Å². The molecule has 2 N–H and O–H groups in total. The first kappa shape index (κ1) is 9.29. The summed E-state index contributed by atoms with van der Waals surface area (Å²) in [5, 5.41) is 0. The van der Waals surface area contributed by atoms with Gasteiger partial charge in [0.1, 0.15) is 0 Å². The number of nitrogens with two attached hydrogens (primary N) is 1. The van der Waals surface area contributed by atoms with Gasteiger partial charge >= 0.3 is 0 Å². The zero-order valence-corrected chi connectivity index (χ0v) is 7.71. The maximum absolute atomic E-state index is 5.57. The van der Waals surface area contributed by atoms with Crippen LogP contribution in [-0.2, 0) is 17.8 Å². The lowest BCUT2D eigenvalue weighted by molar-refractivity contribution is 0.186. The SMILES string of the molecule is COCCn1c(C)ccc1CN. The smallest absolute Gasteiger partial charge is 0.0641 e. The van der Waals surface area contributed by atoms with Gasteiger partial charge in [-0.1, -0.05) is 0 Å². The summed E-state index contributed by atoms with van der Waals surface area (Å²) in [6.45, 7) is 4.30. The molecule has 0 aliphatic heterocycles. The molecule has 1 rings (SSSR count). The van der Waals surface area contributed by atoms with Crippen LogP contribution >= 0.6 is 0 Å². The van der Waals surface area contributed by atoms with Gasteiger partial charge < -0.3 is 15.0 Å². The monoisotopic (exact) mass is 168 g/mol. The lowest BCUT2D eigenvalue weighted by Crippen LogP contribution is -2.11. The standard InChI is InChI=1S/C9H16N2O/c1-8-3-4-9(7-10)11(8)5-6-12-2/h3-4H,5-7,10H2,1-2H3. The van der Waals surface area contributed by atoms with E-state index in [-0.39, 0.29) is 0 Å². The number of ether oxygens (including phenoxy) is 1. The van der Waals surface area contributed by atoms with E-state index in [0.717, 1.165) is 13.2 Å². The van der Waals surface area contributed by atoms with Crippen molar-refractivity contribution in [3.63, 3.8) is 0 Å². The van der Waals surface area contributed by atoms with Crippen molar-refractivity contribution in [2.75, 3.05) is 13.7 Å². The van der Waals surface area contributed by atoms with E-state index in [1.807, 2.05) is 0 Å².